The van der Waals surface area contributed by atoms with Crippen LogP contribution in [0.15, 0.2) is 71.9 Å². The zero-order valence-corrected chi connectivity index (χ0v) is 14.2. The minimum absolute atomic E-state index is 0.240. The summed E-state index contributed by atoms with van der Waals surface area (Å²) in [6.07, 6.45) is 7.40. The monoisotopic (exact) mass is 345 g/mol. The Morgan fingerprint density at radius 2 is 1.96 bits per heavy atom. The Morgan fingerprint density at radius 1 is 1.08 bits per heavy atom. The number of fused-ring (bicyclic) bond motifs is 1. The molecule has 0 saturated heterocycles. The number of pyridine rings is 2. The van der Waals surface area contributed by atoms with Gasteiger partial charge in [-0.2, -0.15) is 5.10 Å². The molecule has 0 aliphatic heterocycles. The number of rotatable bonds is 6. The van der Waals surface area contributed by atoms with Crippen molar-refractivity contribution >= 4 is 11.3 Å². The van der Waals surface area contributed by atoms with Crippen molar-refractivity contribution in [3.63, 3.8) is 0 Å². The maximum atomic E-state index is 12.0. The van der Waals surface area contributed by atoms with Crippen LogP contribution in [0.3, 0.4) is 0 Å². The summed E-state index contributed by atoms with van der Waals surface area (Å²) in [5, 5.41) is 10.1. The predicted octanol–water partition coefficient (Wildman–Crippen LogP) is 3.13. The molecule has 0 atom stereocenters. The quantitative estimate of drug-likeness (QED) is 0.527. The molecule has 0 saturated carbocycles. The molecule has 26 heavy (non-hydrogen) atoms. The Labute approximate surface area is 150 Å². The third-order valence-corrected chi connectivity index (χ3v) is 4.30. The molecule has 0 amide bonds. The first-order valence-electron chi connectivity index (χ1n) is 8.60. The summed E-state index contributed by atoms with van der Waals surface area (Å²) >= 11 is 0. The SMILES string of the molecule is O=c1[nH]nc2c(NCCCc3cccnc3)cc(-c3ccccc3)cn12. The van der Waals surface area contributed by atoms with Gasteiger partial charge in [-0.25, -0.2) is 14.3 Å². The van der Waals surface area contributed by atoms with Crippen LogP contribution >= 0.6 is 0 Å². The molecule has 0 bridgehead atoms. The lowest BCUT2D eigenvalue weighted by Crippen LogP contribution is -2.11. The molecule has 6 nitrogen and oxygen atoms in total. The van der Waals surface area contributed by atoms with Gasteiger partial charge in [-0.1, -0.05) is 36.4 Å². The smallest absolute Gasteiger partial charge is 0.347 e. The lowest BCUT2D eigenvalue weighted by molar-refractivity contribution is 0.858. The van der Waals surface area contributed by atoms with Crippen LogP contribution in [0.4, 0.5) is 5.69 Å². The van der Waals surface area contributed by atoms with Gasteiger partial charge in [0.05, 0.1) is 5.69 Å². The second kappa shape index (κ2) is 7.23. The topological polar surface area (TPSA) is 75.1 Å². The number of nitrogens with zero attached hydrogens (tertiary/aromatic N) is 3. The molecule has 0 spiro atoms. The van der Waals surface area contributed by atoms with E-state index in [-0.39, 0.29) is 5.69 Å². The second-order valence-corrected chi connectivity index (χ2v) is 6.12. The molecular formula is C20H19N5O. The van der Waals surface area contributed by atoms with Gasteiger partial charge in [-0.05, 0) is 36.1 Å². The minimum atomic E-state index is -0.240. The van der Waals surface area contributed by atoms with E-state index in [1.807, 2.05) is 54.9 Å². The van der Waals surface area contributed by atoms with E-state index in [0.29, 0.717) is 5.65 Å². The van der Waals surface area contributed by atoms with E-state index in [1.165, 1.54) is 5.56 Å². The van der Waals surface area contributed by atoms with Gasteiger partial charge in [0, 0.05) is 30.7 Å². The number of aromatic nitrogens is 4. The highest BCUT2D eigenvalue weighted by molar-refractivity contribution is 5.75. The molecule has 0 fully saturated rings. The molecule has 0 radical (unpaired) electrons. The summed E-state index contributed by atoms with van der Waals surface area (Å²) in [7, 11) is 0. The van der Waals surface area contributed by atoms with Crippen LogP contribution < -0.4 is 11.0 Å². The Kier molecular flexibility index (Phi) is 4.47. The van der Waals surface area contributed by atoms with E-state index >= 15 is 0 Å². The predicted molar refractivity (Wildman–Crippen MR) is 102 cm³/mol. The molecule has 2 N–H and O–H groups in total. The first-order chi connectivity index (χ1) is 12.8. The van der Waals surface area contributed by atoms with E-state index < -0.39 is 0 Å². The summed E-state index contributed by atoms with van der Waals surface area (Å²) in [4.78, 5) is 16.2. The summed E-state index contributed by atoms with van der Waals surface area (Å²) in [6.45, 7) is 0.782. The van der Waals surface area contributed by atoms with Crippen molar-refractivity contribution in [1.29, 1.82) is 0 Å². The highest BCUT2D eigenvalue weighted by Crippen LogP contribution is 2.24. The average Bonchev–Trinajstić information content (AvgIpc) is 3.08. The fourth-order valence-corrected chi connectivity index (χ4v) is 2.99. The van der Waals surface area contributed by atoms with Crippen LogP contribution in [0.25, 0.3) is 16.8 Å². The third-order valence-electron chi connectivity index (χ3n) is 4.30. The fraction of sp³-hybridized carbons (Fsp3) is 0.150. The maximum Gasteiger partial charge on any atom is 0.347 e. The number of aryl methyl sites for hydroxylation is 1. The molecule has 0 unspecified atom stereocenters. The molecule has 4 aromatic rings. The van der Waals surface area contributed by atoms with Gasteiger partial charge in [-0.15, -0.1) is 0 Å². The average molecular weight is 345 g/mol. The van der Waals surface area contributed by atoms with Gasteiger partial charge in [0.2, 0.25) is 0 Å². The number of benzene rings is 1. The van der Waals surface area contributed by atoms with Crippen LogP contribution in [0.1, 0.15) is 12.0 Å². The number of H-pyrrole nitrogens is 1. The molecule has 130 valence electrons. The van der Waals surface area contributed by atoms with Crippen LogP contribution in [0.2, 0.25) is 0 Å². The first-order valence-corrected chi connectivity index (χ1v) is 8.60. The van der Waals surface area contributed by atoms with Gasteiger partial charge in [-0.3, -0.25) is 4.98 Å². The second-order valence-electron chi connectivity index (χ2n) is 6.12. The normalized spacial score (nSPS) is 10.9. The highest BCUT2D eigenvalue weighted by Gasteiger charge is 2.09. The summed E-state index contributed by atoms with van der Waals surface area (Å²) in [5.41, 5.74) is 4.45. The van der Waals surface area contributed by atoms with Crippen LogP contribution in [-0.4, -0.2) is 26.1 Å². The first kappa shape index (κ1) is 16.1. The lowest BCUT2D eigenvalue weighted by Gasteiger charge is -2.10. The molecular weight excluding hydrogens is 326 g/mol. The van der Waals surface area contributed by atoms with Crippen LogP contribution in [0, 0.1) is 0 Å². The summed E-state index contributed by atoms with van der Waals surface area (Å²) in [5.74, 6) is 0. The Balaban J connectivity index is 1.56. The van der Waals surface area contributed by atoms with Crippen molar-refractivity contribution in [2.75, 3.05) is 11.9 Å². The molecule has 1 aromatic carbocycles. The van der Waals surface area contributed by atoms with Gasteiger partial charge < -0.3 is 5.32 Å². The maximum absolute atomic E-state index is 12.0. The van der Waals surface area contributed by atoms with E-state index in [0.717, 1.165) is 36.2 Å². The summed E-state index contributed by atoms with van der Waals surface area (Å²) < 4.78 is 1.55. The largest absolute Gasteiger partial charge is 0.382 e. The standard InChI is InChI=1S/C20H19N5O/c26-20-24-23-19-18(22-11-5-7-15-6-4-10-21-13-15)12-17(14-25(19)20)16-8-2-1-3-9-16/h1-4,6,8-10,12-14,22H,5,7,11H2,(H,24,26). The van der Waals surface area contributed by atoms with Crippen molar-refractivity contribution in [1.82, 2.24) is 19.6 Å². The van der Waals surface area contributed by atoms with Gasteiger partial charge in [0.15, 0.2) is 5.65 Å². The molecule has 3 aromatic heterocycles. The highest BCUT2D eigenvalue weighted by atomic mass is 16.1. The van der Waals surface area contributed by atoms with Gasteiger partial charge in [0.25, 0.3) is 0 Å². The zero-order valence-electron chi connectivity index (χ0n) is 14.2. The third kappa shape index (κ3) is 3.35. The Morgan fingerprint density at radius 3 is 2.77 bits per heavy atom. The van der Waals surface area contributed by atoms with Gasteiger partial charge in [0.1, 0.15) is 0 Å². The van der Waals surface area contributed by atoms with Crippen molar-refractivity contribution in [3.05, 3.63) is 83.2 Å². The van der Waals surface area contributed by atoms with Crippen molar-refractivity contribution in [3.8, 4) is 11.1 Å². The van der Waals surface area contributed by atoms with E-state index in [9.17, 15) is 4.79 Å². The van der Waals surface area contributed by atoms with E-state index in [4.69, 9.17) is 0 Å². The zero-order chi connectivity index (χ0) is 17.8. The van der Waals surface area contributed by atoms with Crippen molar-refractivity contribution in [2.45, 2.75) is 12.8 Å². The molecule has 4 rings (SSSR count). The fourth-order valence-electron chi connectivity index (χ4n) is 2.99. The number of aromatic amines is 1. The molecule has 0 aliphatic rings. The Bertz CT molecular complexity index is 1050. The van der Waals surface area contributed by atoms with Crippen LogP contribution in [-0.2, 0) is 6.42 Å². The molecule has 3 heterocycles. The lowest BCUT2D eigenvalue weighted by atomic mass is 10.1. The molecule has 0 aliphatic carbocycles. The minimum Gasteiger partial charge on any atom is -0.382 e. The van der Waals surface area contributed by atoms with Gasteiger partial charge >= 0.3 is 5.69 Å². The van der Waals surface area contributed by atoms with Crippen LogP contribution in [0.5, 0.6) is 0 Å². The Hall–Kier alpha value is -3.41. The number of hydrogen-bond donors (Lipinski definition) is 2. The van der Waals surface area contributed by atoms with Crippen molar-refractivity contribution < 1.29 is 0 Å². The summed E-state index contributed by atoms with van der Waals surface area (Å²) in [6, 6.07) is 16.1. The van der Waals surface area contributed by atoms with E-state index in [1.54, 1.807) is 10.6 Å². The van der Waals surface area contributed by atoms with E-state index in [2.05, 4.69) is 26.6 Å². The number of nitrogens with one attached hydrogen (secondary N) is 2. The molecule has 6 heteroatoms. The number of anilines is 1. The number of hydrogen-bond acceptors (Lipinski definition) is 4. The van der Waals surface area contributed by atoms with Crippen molar-refractivity contribution in [2.24, 2.45) is 0 Å².